The Morgan fingerprint density at radius 1 is 1.39 bits per heavy atom. The number of aryl methyl sites for hydroxylation is 1. The molecule has 0 saturated heterocycles. The molecule has 0 unspecified atom stereocenters. The number of rotatable bonds is 0. The molecule has 0 bridgehead atoms. The third kappa shape index (κ3) is 1.26. The molecule has 0 spiro atoms. The summed E-state index contributed by atoms with van der Waals surface area (Å²) in [6.07, 6.45) is 1.60. The molecular weight excluding hydrogens is 231 g/mol. The van der Waals surface area contributed by atoms with Crippen molar-refractivity contribution in [2.45, 2.75) is 6.92 Å². The number of nitriles is 1. The van der Waals surface area contributed by atoms with E-state index in [9.17, 15) is 4.48 Å². The zero-order chi connectivity index (χ0) is 12.9. The summed E-state index contributed by atoms with van der Waals surface area (Å²) < 4.78 is 14.1. The van der Waals surface area contributed by atoms with Gasteiger partial charge in [0.25, 0.3) is 0 Å². The van der Waals surface area contributed by atoms with Gasteiger partial charge in [0, 0.05) is 22.7 Å². The fraction of sp³-hybridized carbons (Fsp3) is 0.0769. The highest BCUT2D eigenvalue weighted by Crippen LogP contribution is 2.33. The average molecular weight is 240 g/mol. The van der Waals surface area contributed by atoms with E-state index in [1.165, 1.54) is 6.07 Å². The molecule has 1 aromatic carbocycles. The van der Waals surface area contributed by atoms with Crippen LogP contribution in [0.25, 0.3) is 21.9 Å². The maximum absolute atomic E-state index is 14.1. The number of nitrogen functional groups attached to an aromatic ring is 1. The number of aromatic nitrogens is 2. The van der Waals surface area contributed by atoms with Crippen molar-refractivity contribution < 1.29 is 4.48 Å². The highest BCUT2D eigenvalue weighted by molar-refractivity contribution is 6.12. The number of anilines is 1. The summed E-state index contributed by atoms with van der Waals surface area (Å²) in [4.78, 5) is 4.54. The van der Waals surface area contributed by atoms with E-state index in [-0.39, 0.29) is 11.2 Å². The Balaban J connectivity index is 2.61. The topological polar surface area (TPSA) is 67.6 Å². The van der Waals surface area contributed by atoms with Gasteiger partial charge in [0.05, 0.1) is 17.1 Å². The van der Waals surface area contributed by atoms with Crippen molar-refractivity contribution in [2.24, 2.45) is 0 Å². The van der Waals surface area contributed by atoms with Crippen LogP contribution in [-0.2, 0) is 0 Å². The minimum absolute atomic E-state index is 0.220. The van der Waals surface area contributed by atoms with Gasteiger partial charge in [0.15, 0.2) is 5.65 Å². The lowest BCUT2D eigenvalue weighted by Gasteiger charge is -1.98. The summed E-state index contributed by atoms with van der Waals surface area (Å²) in [6.45, 7) is 1.88. The average Bonchev–Trinajstić information content (AvgIpc) is 2.63. The molecule has 5 heteroatoms. The van der Waals surface area contributed by atoms with Crippen LogP contribution in [0.2, 0.25) is 0 Å². The molecule has 0 aliphatic rings. The minimum atomic E-state index is 0.220. The van der Waals surface area contributed by atoms with Gasteiger partial charge in [-0.3, -0.25) is 0 Å². The Bertz CT molecular complexity index is 826. The molecule has 2 N–H and O–H groups in total. The van der Waals surface area contributed by atoms with Crippen LogP contribution in [0.1, 0.15) is 11.1 Å². The normalized spacial score (nSPS) is 10.9. The summed E-state index contributed by atoms with van der Waals surface area (Å²) >= 11 is 0. The number of nitrogens with zero attached hydrogens (tertiary/aromatic N) is 3. The van der Waals surface area contributed by atoms with E-state index in [0.717, 1.165) is 5.56 Å². The highest BCUT2D eigenvalue weighted by Gasteiger charge is 2.15. The number of nitrogens with two attached hydrogens (primary N) is 1. The smallest absolute Gasteiger partial charge is 0.171 e. The zero-order valence-electron chi connectivity index (χ0n) is 9.61. The predicted molar refractivity (Wildman–Crippen MR) is 67.6 cm³/mol. The van der Waals surface area contributed by atoms with Gasteiger partial charge in [-0.05, 0) is 30.7 Å². The summed E-state index contributed by atoms with van der Waals surface area (Å²) in [5.41, 5.74) is 8.05. The van der Waals surface area contributed by atoms with Gasteiger partial charge in [-0.25, -0.2) is 4.98 Å². The van der Waals surface area contributed by atoms with Crippen molar-refractivity contribution in [3.63, 3.8) is 0 Å². The van der Waals surface area contributed by atoms with Crippen molar-refractivity contribution in [3.8, 4) is 6.07 Å². The third-order valence-electron chi connectivity index (χ3n) is 2.95. The first-order valence-corrected chi connectivity index (χ1v) is 5.38. The minimum Gasteiger partial charge on any atom is -0.398 e. The van der Waals surface area contributed by atoms with Crippen molar-refractivity contribution in [3.05, 3.63) is 35.5 Å². The lowest BCUT2D eigenvalue weighted by atomic mass is 10.1. The standard InChI is InChI=1S/C13H9FN4/c1-7-2-9-12-10(16)3-8(5-15)4-11(12)18(14)13(9)17-6-7/h2-4,6H,16H2,1H3. The van der Waals surface area contributed by atoms with Gasteiger partial charge >= 0.3 is 0 Å². The molecule has 3 rings (SSSR count). The molecular formula is C13H9FN4. The van der Waals surface area contributed by atoms with Crippen LogP contribution in [0.5, 0.6) is 0 Å². The molecule has 0 amide bonds. The molecule has 88 valence electrons. The van der Waals surface area contributed by atoms with Crippen molar-refractivity contribution in [1.82, 2.24) is 9.77 Å². The van der Waals surface area contributed by atoms with Gasteiger partial charge in [0.1, 0.15) is 0 Å². The molecule has 4 nitrogen and oxygen atoms in total. The molecule has 0 fully saturated rings. The number of hydrogen-bond acceptors (Lipinski definition) is 3. The lowest BCUT2D eigenvalue weighted by molar-refractivity contribution is 0.402. The van der Waals surface area contributed by atoms with Crippen LogP contribution in [-0.4, -0.2) is 9.77 Å². The van der Waals surface area contributed by atoms with E-state index < -0.39 is 0 Å². The van der Waals surface area contributed by atoms with Crippen molar-refractivity contribution >= 4 is 27.6 Å². The predicted octanol–water partition coefficient (Wildman–Crippen LogP) is 2.68. The maximum atomic E-state index is 14.1. The molecule has 18 heavy (non-hydrogen) atoms. The van der Waals surface area contributed by atoms with E-state index in [1.54, 1.807) is 12.3 Å². The Kier molecular flexibility index (Phi) is 2.01. The summed E-state index contributed by atoms with van der Waals surface area (Å²) in [5, 5.41) is 10.1. The van der Waals surface area contributed by atoms with Crippen molar-refractivity contribution in [2.75, 3.05) is 5.73 Å². The molecule has 0 atom stereocenters. The molecule has 0 saturated carbocycles. The summed E-state index contributed by atoms with van der Waals surface area (Å²) in [7, 11) is 0. The van der Waals surface area contributed by atoms with Gasteiger partial charge in [-0.1, -0.05) is 4.48 Å². The largest absolute Gasteiger partial charge is 0.398 e. The first-order chi connectivity index (χ1) is 8.61. The zero-order valence-corrected chi connectivity index (χ0v) is 9.61. The van der Waals surface area contributed by atoms with Crippen molar-refractivity contribution in [1.29, 1.82) is 5.26 Å². The fourth-order valence-electron chi connectivity index (χ4n) is 2.18. The number of hydrogen-bond donors (Lipinski definition) is 1. The molecule has 2 heterocycles. The number of halogens is 1. The van der Waals surface area contributed by atoms with Crippen LogP contribution < -0.4 is 5.73 Å². The van der Waals surface area contributed by atoms with Gasteiger partial charge in [-0.2, -0.15) is 10.1 Å². The summed E-state index contributed by atoms with van der Waals surface area (Å²) in [6, 6.07) is 6.82. The van der Waals surface area contributed by atoms with Crippen LogP contribution in [0, 0.1) is 18.3 Å². The van der Waals surface area contributed by atoms with E-state index >= 15 is 0 Å². The molecule has 3 aromatic rings. The van der Waals surface area contributed by atoms with Crippen LogP contribution >= 0.6 is 0 Å². The third-order valence-corrected chi connectivity index (χ3v) is 2.95. The second kappa shape index (κ2) is 3.44. The SMILES string of the molecule is Cc1cnc2c(c1)c1c(N)cc(C#N)cc1n2F. The monoisotopic (exact) mass is 240 g/mol. The highest BCUT2D eigenvalue weighted by atomic mass is 19.2. The Labute approximate surface area is 102 Å². The number of benzene rings is 1. The Morgan fingerprint density at radius 2 is 2.17 bits per heavy atom. The Morgan fingerprint density at radius 3 is 2.89 bits per heavy atom. The summed E-state index contributed by atoms with van der Waals surface area (Å²) in [5.74, 6) is 0. The quantitative estimate of drug-likeness (QED) is 0.614. The molecule has 0 aliphatic heterocycles. The lowest BCUT2D eigenvalue weighted by Crippen LogP contribution is -1.89. The first-order valence-electron chi connectivity index (χ1n) is 5.38. The van der Waals surface area contributed by atoms with Gasteiger partial charge in [-0.15, -0.1) is 0 Å². The van der Waals surface area contributed by atoms with Gasteiger partial charge in [0.2, 0.25) is 0 Å². The van der Waals surface area contributed by atoms with Gasteiger partial charge < -0.3 is 5.73 Å². The van der Waals surface area contributed by atoms with E-state index in [2.05, 4.69) is 4.98 Å². The first kappa shape index (κ1) is 10.5. The van der Waals surface area contributed by atoms with E-state index in [0.29, 0.717) is 26.8 Å². The number of fused-ring (bicyclic) bond motifs is 3. The second-order valence-corrected chi connectivity index (χ2v) is 4.24. The molecule has 2 aromatic heterocycles. The molecule has 0 aliphatic carbocycles. The van der Waals surface area contributed by atoms with Crippen LogP contribution in [0.15, 0.2) is 24.4 Å². The van der Waals surface area contributed by atoms with Crippen LogP contribution in [0.4, 0.5) is 10.2 Å². The Hall–Kier alpha value is -2.61. The second-order valence-electron chi connectivity index (χ2n) is 4.24. The maximum Gasteiger partial charge on any atom is 0.171 e. The fourth-order valence-corrected chi connectivity index (χ4v) is 2.18. The van der Waals surface area contributed by atoms with Crippen LogP contribution in [0.3, 0.4) is 0 Å². The molecule has 0 radical (unpaired) electrons. The van der Waals surface area contributed by atoms with E-state index in [1.807, 2.05) is 19.1 Å². The number of pyridine rings is 1. The van der Waals surface area contributed by atoms with E-state index in [4.69, 9.17) is 11.0 Å².